The highest BCUT2D eigenvalue weighted by Crippen LogP contribution is 2.37. The lowest BCUT2D eigenvalue weighted by molar-refractivity contribution is -0.0738. The molecule has 0 N–H and O–H groups in total. The summed E-state index contributed by atoms with van der Waals surface area (Å²) in [5.74, 6) is 1.89. The van der Waals surface area contributed by atoms with E-state index in [1.54, 1.807) is 0 Å². The summed E-state index contributed by atoms with van der Waals surface area (Å²) < 4.78 is 10.8. The average Bonchev–Trinajstić information content (AvgIpc) is 2.51. The van der Waals surface area contributed by atoms with Gasteiger partial charge in [-0.3, -0.25) is 0 Å². The van der Waals surface area contributed by atoms with Crippen LogP contribution in [-0.4, -0.2) is 13.2 Å². The second kappa shape index (κ2) is 3.47. The van der Waals surface area contributed by atoms with E-state index in [0.29, 0.717) is 19.6 Å². The molecular formula is C11H13NO2. The molecule has 0 amide bonds. The molecule has 0 aromatic carbocycles. The van der Waals surface area contributed by atoms with E-state index in [0.717, 1.165) is 17.9 Å². The normalized spacial score (nSPS) is 18.6. The molecule has 0 unspecified atom stereocenters. The lowest BCUT2D eigenvalue weighted by Crippen LogP contribution is -2.46. The van der Waals surface area contributed by atoms with Gasteiger partial charge in [-0.15, -0.1) is 0 Å². The lowest BCUT2D eigenvalue weighted by Gasteiger charge is -2.39. The molecule has 1 fully saturated rings. The fraction of sp³-hybridized carbons (Fsp3) is 0.545. The smallest absolute Gasteiger partial charge is 0.114 e. The first kappa shape index (κ1) is 9.29. The lowest BCUT2D eigenvalue weighted by atomic mass is 9.79. The first-order valence-electron chi connectivity index (χ1n) is 4.78. The van der Waals surface area contributed by atoms with Crippen molar-refractivity contribution in [1.29, 1.82) is 5.26 Å². The van der Waals surface area contributed by atoms with Gasteiger partial charge in [-0.25, -0.2) is 0 Å². The fourth-order valence-electron chi connectivity index (χ4n) is 1.77. The number of nitrogens with zero attached hydrogens (tertiary/aromatic N) is 1. The molecule has 0 aliphatic carbocycles. The molecule has 1 aromatic heterocycles. The molecule has 2 rings (SSSR count). The van der Waals surface area contributed by atoms with Crippen LogP contribution in [-0.2, 0) is 10.2 Å². The quantitative estimate of drug-likeness (QED) is 0.735. The van der Waals surface area contributed by atoms with Gasteiger partial charge >= 0.3 is 0 Å². The van der Waals surface area contributed by atoms with Crippen LogP contribution in [0.4, 0.5) is 0 Å². The molecule has 1 saturated heterocycles. The Balaban J connectivity index is 2.16. The van der Waals surface area contributed by atoms with Crippen molar-refractivity contribution in [3.05, 3.63) is 23.7 Å². The summed E-state index contributed by atoms with van der Waals surface area (Å²) in [6.45, 7) is 3.30. The highest BCUT2D eigenvalue weighted by molar-refractivity contribution is 5.20. The minimum Gasteiger partial charge on any atom is -0.466 e. The van der Waals surface area contributed by atoms with E-state index in [2.05, 4.69) is 6.07 Å². The van der Waals surface area contributed by atoms with Crippen LogP contribution in [0.25, 0.3) is 0 Å². The van der Waals surface area contributed by atoms with E-state index in [-0.39, 0.29) is 5.41 Å². The largest absolute Gasteiger partial charge is 0.466 e. The average molecular weight is 191 g/mol. The Bertz CT molecular complexity index is 358. The summed E-state index contributed by atoms with van der Waals surface area (Å²) in [4.78, 5) is 0. The van der Waals surface area contributed by atoms with Crippen molar-refractivity contribution in [2.75, 3.05) is 13.2 Å². The summed E-state index contributed by atoms with van der Waals surface area (Å²) in [7, 11) is 0. The number of hydrogen-bond donors (Lipinski definition) is 0. The molecule has 0 saturated carbocycles. The highest BCUT2D eigenvalue weighted by atomic mass is 16.5. The predicted molar refractivity (Wildman–Crippen MR) is 50.8 cm³/mol. The summed E-state index contributed by atoms with van der Waals surface area (Å²) in [5.41, 5.74) is -0.0238. The summed E-state index contributed by atoms with van der Waals surface area (Å²) in [5, 5.41) is 8.58. The molecule has 1 aromatic rings. The van der Waals surface area contributed by atoms with Gasteiger partial charge in [-0.05, 0) is 25.5 Å². The van der Waals surface area contributed by atoms with Crippen LogP contribution >= 0.6 is 0 Å². The zero-order valence-corrected chi connectivity index (χ0v) is 8.25. The first-order valence-corrected chi connectivity index (χ1v) is 4.78. The molecule has 0 atom stereocenters. The van der Waals surface area contributed by atoms with Crippen molar-refractivity contribution in [2.24, 2.45) is 0 Å². The topological polar surface area (TPSA) is 46.2 Å². The monoisotopic (exact) mass is 191 g/mol. The summed E-state index contributed by atoms with van der Waals surface area (Å²) in [6, 6.07) is 6.13. The third-order valence-electron chi connectivity index (χ3n) is 2.74. The Morgan fingerprint density at radius 1 is 1.50 bits per heavy atom. The molecular weight excluding hydrogens is 178 g/mol. The minimum absolute atomic E-state index is 0.0238. The van der Waals surface area contributed by atoms with Crippen LogP contribution in [0.3, 0.4) is 0 Å². The molecule has 3 heteroatoms. The van der Waals surface area contributed by atoms with E-state index >= 15 is 0 Å². The SMILES string of the molecule is Cc1ccc(C2(CCC#N)COC2)o1. The second-order valence-electron chi connectivity index (χ2n) is 3.84. The molecule has 0 radical (unpaired) electrons. The van der Waals surface area contributed by atoms with Gasteiger partial charge in [0.2, 0.25) is 0 Å². The van der Waals surface area contributed by atoms with Crippen molar-refractivity contribution in [3.8, 4) is 6.07 Å². The van der Waals surface area contributed by atoms with Crippen LogP contribution in [0.5, 0.6) is 0 Å². The first-order chi connectivity index (χ1) is 6.77. The molecule has 74 valence electrons. The van der Waals surface area contributed by atoms with Crippen LogP contribution in [0.2, 0.25) is 0 Å². The van der Waals surface area contributed by atoms with Gasteiger partial charge in [-0.2, -0.15) is 5.26 Å². The third kappa shape index (κ3) is 1.42. The Labute approximate surface area is 83.3 Å². The van der Waals surface area contributed by atoms with Gasteiger partial charge in [0.15, 0.2) is 0 Å². The van der Waals surface area contributed by atoms with E-state index < -0.39 is 0 Å². The Morgan fingerprint density at radius 2 is 2.29 bits per heavy atom. The predicted octanol–water partition coefficient (Wildman–Crippen LogP) is 2.16. The zero-order valence-electron chi connectivity index (χ0n) is 8.25. The zero-order chi connectivity index (χ0) is 10.0. The molecule has 14 heavy (non-hydrogen) atoms. The van der Waals surface area contributed by atoms with E-state index in [1.807, 2.05) is 19.1 Å². The summed E-state index contributed by atoms with van der Waals surface area (Å²) in [6.07, 6.45) is 1.39. The van der Waals surface area contributed by atoms with Gasteiger partial charge in [0.05, 0.1) is 24.7 Å². The Hall–Kier alpha value is -1.27. The van der Waals surface area contributed by atoms with Crippen LogP contribution < -0.4 is 0 Å². The third-order valence-corrected chi connectivity index (χ3v) is 2.74. The summed E-state index contributed by atoms with van der Waals surface area (Å²) >= 11 is 0. The second-order valence-corrected chi connectivity index (χ2v) is 3.84. The van der Waals surface area contributed by atoms with Crippen LogP contribution in [0.1, 0.15) is 24.4 Å². The van der Waals surface area contributed by atoms with Crippen molar-refractivity contribution < 1.29 is 9.15 Å². The molecule has 0 spiro atoms. The van der Waals surface area contributed by atoms with Crippen molar-refractivity contribution >= 4 is 0 Å². The minimum atomic E-state index is -0.0238. The van der Waals surface area contributed by atoms with Gasteiger partial charge in [0, 0.05) is 6.42 Å². The molecule has 0 bridgehead atoms. The molecule has 3 nitrogen and oxygen atoms in total. The van der Waals surface area contributed by atoms with Gasteiger partial charge in [-0.1, -0.05) is 0 Å². The van der Waals surface area contributed by atoms with Crippen LogP contribution in [0.15, 0.2) is 16.5 Å². The van der Waals surface area contributed by atoms with E-state index in [4.69, 9.17) is 14.4 Å². The Kier molecular flexibility index (Phi) is 2.30. The van der Waals surface area contributed by atoms with E-state index in [1.165, 1.54) is 0 Å². The molecule has 1 aliphatic heterocycles. The molecule has 2 heterocycles. The maximum Gasteiger partial charge on any atom is 0.114 e. The Morgan fingerprint density at radius 3 is 2.71 bits per heavy atom. The van der Waals surface area contributed by atoms with Gasteiger partial charge < -0.3 is 9.15 Å². The van der Waals surface area contributed by atoms with E-state index in [9.17, 15) is 0 Å². The van der Waals surface area contributed by atoms with Crippen molar-refractivity contribution in [1.82, 2.24) is 0 Å². The maximum absolute atomic E-state index is 8.58. The number of hydrogen-bond acceptors (Lipinski definition) is 3. The van der Waals surface area contributed by atoms with Gasteiger partial charge in [0.25, 0.3) is 0 Å². The van der Waals surface area contributed by atoms with Crippen LogP contribution in [0, 0.1) is 18.3 Å². The number of ether oxygens (including phenoxy) is 1. The highest BCUT2D eigenvalue weighted by Gasteiger charge is 2.42. The standard InChI is InChI=1S/C11H13NO2/c1-9-3-4-10(14-9)11(5-2-6-12)7-13-8-11/h3-4H,2,5,7-8H2,1H3. The van der Waals surface area contributed by atoms with Crippen molar-refractivity contribution in [2.45, 2.75) is 25.2 Å². The number of furan rings is 1. The number of nitriles is 1. The van der Waals surface area contributed by atoms with Crippen molar-refractivity contribution in [3.63, 3.8) is 0 Å². The number of aryl methyl sites for hydroxylation is 1. The fourth-order valence-corrected chi connectivity index (χ4v) is 1.77. The maximum atomic E-state index is 8.58. The number of rotatable bonds is 3. The van der Waals surface area contributed by atoms with Gasteiger partial charge in [0.1, 0.15) is 11.5 Å². The molecule has 1 aliphatic rings.